The van der Waals surface area contributed by atoms with Crippen LogP contribution >= 0.6 is 0 Å². The molecule has 1 atom stereocenters. The van der Waals surface area contributed by atoms with Gasteiger partial charge in [0.1, 0.15) is 5.82 Å². The number of carbonyl (C=O) groups is 2. The van der Waals surface area contributed by atoms with E-state index in [4.69, 9.17) is 0 Å². The maximum absolute atomic E-state index is 12.8. The lowest BCUT2D eigenvalue weighted by molar-refractivity contribution is -0.127. The van der Waals surface area contributed by atoms with Crippen LogP contribution in [0, 0.1) is 5.82 Å². The molecule has 0 aromatic heterocycles. The lowest BCUT2D eigenvalue weighted by atomic mass is 10.2. The van der Waals surface area contributed by atoms with Gasteiger partial charge in [0.15, 0.2) is 0 Å². The Balaban J connectivity index is 1.95. The second kappa shape index (κ2) is 5.79. The minimum Gasteiger partial charge on any atom is -0.354 e. The molecule has 2 N–H and O–H groups in total. The van der Waals surface area contributed by atoms with Crippen LogP contribution in [0.5, 0.6) is 0 Å². The predicted molar refractivity (Wildman–Crippen MR) is 69.1 cm³/mol. The molecule has 1 saturated heterocycles. The zero-order valence-corrected chi connectivity index (χ0v) is 10.6. The normalized spacial score (nSPS) is 17.7. The Labute approximate surface area is 110 Å². The maximum atomic E-state index is 12.8. The number of anilines is 1. The molecule has 102 valence electrons. The Hall–Kier alpha value is -1.95. The molecule has 0 radical (unpaired) electrons. The van der Waals surface area contributed by atoms with Gasteiger partial charge in [-0.25, -0.2) is 4.39 Å². The van der Waals surface area contributed by atoms with Crippen molar-refractivity contribution >= 4 is 17.5 Å². The molecule has 0 saturated carbocycles. The third kappa shape index (κ3) is 3.51. The third-order valence-corrected chi connectivity index (χ3v) is 3.11. The Morgan fingerprint density at radius 2 is 2.11 bits per heavy atom. The number of hydrogen-bond acceptors (Lipinski definition) is 3. The van der Waals surface area contributed by atoms with E-state index in [2.05, 4.69) is 10.6 Å². The highest BCUT2D eigenvalue weighted by Gasteiger charge is 2.25. The summed E-state index contributed by atoms with van der Waals surface area (Å²) in [6, 6.07) is 5.17. The van der Waals surface area contributed by atoms with Crippen LogP contribution in [0.4, 0.5) is 10.1 Å². The summed E-state index contributed by atoms with van der Waals surface area (Å²) in [6.07, 6.45) is 0. The second-order valence-corrected chi connectivity index (χ2v) is 4.49. The first kappa shape index (κ1) is 13.5. The highest BCUT2D eigenvalue weighted by Crippen LogP contribution is 2.10. The molecule has 0 bridgehead atoms. The molecule has 5 nitrogen and oxygen atoms in total. The summed E-state index contributed by atoms with van der Waals surface area (Å²) in [7, 11) is 0. The first-order valence-corrected chi connectivity index (χ1v) is 6.13. The van der Waals surface area contributed by atoms with Crippen LogP contribution in [0.3, 0.4) is 0 Å². The van der Waals surface area contributed by atoms with E-state index < -0.39 is 6.04 Å². The highest BCUT2D eigenvalue weighted by molar-refractivity contribution is 5.95. The van der Waals surface area contributed by atoms with Gasteiger partial charge in [0.2, 0.25) is 11.8 Å². The second-order valence-electron chi connectivity index (χ2n) is 4.49. The molecule has 1 aliphatic rings. The van der Waals surface area contributed by atoms with Gasteiger partial charge in [-0.2, -0.15) is 0 Å². The number of halogens is 1. The van der Waals surface area contributed by atoms with E-state index in [1.54, 1.807) is 11.8 Å². The van der Waals surface area contributed by atoms with Gasteiger partial charge in [-0.3, -0.25) is 14.5 Å². The molecule has 1 aliphatic heterocycles. The molecule has 0 aliphatic carbocycles. The predicted octanol–water partition coefficient (Wildman–Crippen LogP) is 0.584. The monoisotopic (exact) mass is 265 g/mol. The number of amides is 2. The van der Waals surface area contributed by atoms with Crippen LogP contribution in [0.25, 0.3) is 0 Å². The first-order valence-electron chi connectivity index (χ1n) is 6.13. The first-order chi connectivity index (χ1) is 9.06. The van der Waals surface area contributed by atoms with Crippen molar-refractivity contribution in [3.05, 3.63) is 30.1 Å². The van der Waals surface area contributed by atoms with Crippen LogP contribution in [0.2, 0.25) is 0 Å². The lowest BCUT2D eigenvalue weighted by Crippen LogP contribution is -2.53. The largest absolute Gasteiger partial charge is 0.354 e. The van der Waals surface area contributed by atoms with Gasteiger partial charge >= 0.3 is 0 Å². The van der Waals surface area contributed by atoms with Crippen LogP contribution in [-0.2, 0) is 9.59 Å². The Morgan fingerprint density at radius 3 is 2.74 bits per heavy atom. The molecule has 1 aromatic rings. The summed E-state index contributed by atoms with van der Waals surface area (Å²) in [5.74, 6) is -0.632. The number of piperazine rings is 1. The summed E-state index contributed by atoms with van der Waals surface area (Å²) >= 11 is 0. The minimum absolute atomic E-state index is 0.0762. The average Bonchev–Trinajstić information content (AvgIpc) is 2.40. The maximum Gasteiger partial charge on any atom is 0.241 e. The summed E-state index contributed by atoms with van der Waals surface area (Å²) in [5.41, 5.74) is 0.541. The minimum atomic E-state index is -0.406. The molecular formula is C13H16FN3O2. The number of hydrogen-bond donors (Lipinski definition) is 2. The topological polar surface area (TPSA) is 61.4 Å². The van der Waals surface area contributed by atoms with Gasteiger partial charge in [0.25, 0.3) is 0 Å². The van der Waals surface area contributed by atoms with E-state index in [-0.39, 0.29) is 24.2 Å². The van der Waals surface area contributed by atoms with Crippen molar-refractivity contribution < 1.29 is 14.0 Å². The third-order valence-electron chi connectivity index (χ3n) is 3.11. The van der Waals surface area contributed by atoms with Crippen molar-refractivity contribution in [1.29, 1.82) is 0 Å². The molecular weight excluding hydrogens is 249 g/mol. The molecule has 2 rings (SSSR count). The number of carbonyl (C=O) groups excluding carboxylic acids is 2. The molecule has 1 fully saturated rings. The van der Waals surface area contributed by atoms with E-state index in [0.29, 0.717) is 18.8 Å². The summed E-state index contributed by atoms with van der Waals surface area (Å²) in [5, 5.41) is 5.41. The van der Waals surface area contributed by atoms with Gasteiger partial charge < -0.3 is 10.6 Å². The number of nitrogens with zero attached hydrogens (tertiary/aromatic N) is 1. The van der Waals surface area contributed by atoms with Crippen molar-refractivity contribution in [2.24, 2.45) is 0 Å². The number of rotatable bonds is 3. The molecule has 2 amide bonds. The average molecular weight is 265 g/mol. The SMILES string of the molecule is C[C@H](C(=O)Nc1ccc(F)cc1)N1CCNC(=O)C1. The van der Waals surface area contributed by atoms with E-state index in [1.807, 2.05) is 0 Å². The van der Waals surface area contributed by atoms with E-state index in [9.17, 15) is 14.0 Å². The number of benzene rings is 1. The zero-order chi connectivity index (χ0) is 13.8. The fraction of sp³-hybridized carbons (Fsp3) is 0.385. The standard InChI is InChI=1S/C13H16FN3O2/c1-9(17-7-6-15-12(18)8-17)13(19)16-11-4-2-10(14)3-5-11/h2-5,9H,6-8H2,1H3,(H,15,18)(H,16,19)/t9-/m1/s1. The van der Waals surface area contributed by atoms with E-state index in [0.717, 1.165) is 0 Å². The quantitative estimate of drug-likeness (QED) is 0.840. The molecule has 19 heavy (non-hydrogen) atoms. The summed E-state index contributed by atoms with van der Waals surface area (Å²) in [6.45, 7) is 3.16. The van der Waals surface area contributed by atoms with Crippen LogP contribution in [0.1, 0.15) is 6.92 Å². The zero-order valence-electron chi connectivity index (χ0n) is 10.6. The van der Waals surface area contributed by atoms with Crippen LogP contribution in [-0.4, -0.2) is 42.4 Å². The summed E-state index contributed by atoms with van der Waals surface area (Å²) < 4.78 is 12.8. The van der Waals surface area contributed by atoms with Crippen molar-refractivity contribution in [3.63, 3.8) is 0 Å². The van der Waals surface area contributed by atoms with Crippen molar-refractivity contribution in [2.75, 3.05) is 25.0 Å². The van der Waals surface area contributed by atoms with Crippen LogP contribution < -0.4 is 10.6 Å². The van der Waals surface area contributed by atoms with Crippen molar-refractivity contribution in [3.8, 4) is 0 Å². The molecule has 0 spiro atoms. The molecule has 1 heterocycles. The molecule has 0 unspecified atom stereocenters. The Kier molecular flexibility index (Phi) is 4.11. The van der Waals surface area contributed by atoms with Gasteiger partial charge in [-0.15, -0.1) is 0 Å². The molecule has 6 heteroatoms. The van der Waals surface area contributed by atoms with Crippen LogP contribution in [0.15, 0.2) is 24.3 Å². The van der Waals surface area contributed by atoms with Gasteiger partial charge in [0, 0.05) is 18.8 Å². The van der Waals surface area contributed by atoms with Gasteiger partial charge in [0.05, 0.1) is 12.6 Å². The lowest BCUT2D eigenvalue weighted by Gasteiger charge is -2.31. The van der Waals surface area contributed by atoms with Gasteiger partial charge in [-0.1, -0.05) is 0 Å². The smallest absolute Gasteiger partial charge is 0.241 e. The van der Waals surface area contributed by atoms with E-state index >= 15 is 0 Å². The highest BCUT2D eigenvalue weighted by atomic mass is 19.1. The van der Waals surface area contributed by atoms with Gasteiger partial charge in [-0.05, 0) is 31.2 Å². The Morgan fingerprint density at radius 1 is 1.42 bits per heavy atom. The number of nitrogens with one attached hydrogen (secondary N) is 2. The summed E-state index contributed by atoms with van der Waals surface area (Å²) in [4.78, 5) is 25.1. The Bertz CT molecular complexity index is 475. The fourth-order valence-electron chi connectivity index (χ4n) is 1.93. The molecule has 1 aromatic carbocycles. The van der Waals surface area contributed by atoms with Crippen molar-refractivity contribution in [2.45, 2.75) is 13.0 Å². The van der Waals surface area contributed by atoms with Crippen molar-refractivity contribution in [1.82, 2.24) is 10.2 Å². The fourth-order valence-corrected chi connectivity index (χ4v) is 1.93. The van der Waals surface area contributed by atoms with E-state index in [1.165, 1.54) is 24.3 Å².